The lowest BCUT2D eigenvalue weighted by Gasteiger charge is -2.34. The monoisotopic (exact) mass is 491 g/mol. The number of aryl methyl sites for hydroxylation is 1. The predicted octanol–water partition coefficient (Wildman–Crippen LogP) is 3.62. The highest BCUT2D eigenvalue weighted by Gasteiger charge is 2.42. The summed E-state index contributed by atoms with van der Waals surface area (Å²) in [5, 5.41) is 32.4. The second-order valence-corrected chi connectivity index (χ2v) is 10.5. The van der Waals surface area contributed by atoms with Gasteiger partial charge in [0.25, 0.3) is 0 Å². The number of rotatable bonds is 2. The summed E-state index contributed by atoms with van der Waals surface area (Å²) in [5.74, 6) is -1.66. The number of oxazole rings is 1. The number of carbonyl (C=O) groups excluding carboxylic acids is 2. The van der Waals surface area contributed by atoms with E-state index >= 15 is 0 Å². The molecule has 8 heteroatoms. The molecular weight excluding hydrogens is 450 g/mol. The van der Waals surface area contributed by atoms with Crippen molar-refractivity contribution in [1.29, 1.82) is 0 Å². The molecule has 1 aliphatic rings. The van der Waals surface area contributed by atoms with E-state index in [4.69, 9.17) is 9.15 Å². The van der Waals surface area contributed by atoms with Gasteiger partial charge in [-0.2, -0.15) is 0 Å². The Morgan fingerprint density at radius 1 is 1.17 bits per heavy atom. The van der Waals surface area contributed by atoms with Crippen LogP contribution >= 0.6 is 0 Å². The number of ether oxygens (including phenoxy) is 1. The van der Waals surface area contributed by atoms with Crippen molar-refractivity contribution in [3.05, 3.63) is 35.6 Å². The normalized spacial score (nSPS) is 34.9. The van der Waals surface area contributed by atoms with Crippen LogP contribution in [0.15, 0.2) is 28.4 Å². The van der Waals surface area contributed by atoms with Gasteiger partial charge in [0.1, 0.15) is 23.8 Å². The number of aromatic nitrogens is 1. The highest BCUT2D eigenvalue weighted by molar-refractivity contribution is 5.88. The fourth-order valence-corrected chi connectivity index (χ4v) is 4.33. The maximum absolute atomic E-state index is 13.2. The van der Waals surface area contributed by atoms with Crippen LogP contribution in [0.4, 0.5) is 0 Å². The molecular formula is C27H41NO7. The molecule has 0 amide bonds. The minimum atomic E-state index is -1.30. The van der Waals surface area contributed by atoms with Gasteiger partial charge < -0.3 is 24.5 Å². The molecule has 0 saturated carbocycles. The van der Waals surface area contributed by atoms with Crippen molar-refractivity contribution in [3.63, 3.8) is 0 Å². The van der Waals surface area contributed by atoms with Crippen molar-refractivity contribution in [3.8, 4) is 0 Å². The van der Waals surface area contributed by atoms with Gasteiger partial charge in [0.15, 0.2) is 5.89 Å². The van der Waals surface area contributed by atoms with Crippen LogP contribution in [-0.4, -0.2) is 56.5 Å². The lowest BCUT2D eigenvalue weighted by atomic mass is 9.73. The van der Waals surface area contributed by atoms with Crippen LogP contribution in [0.25, 0.3) is 6.08 Å². The molecule has 0 fully saturated rings. The first kappa shape index (κ1) is 28.9. The molecule has 7 atom stereocenters. The fraction of sp³-hybridized carbons (Fsp3) is 0.667. The van der Waals surface area contributed by atoms with Crippen LogP contribution in [-0.2, 0) is 14.3 Å². The number of esters is 1. The van der Waals surface area contributed by atoms with Crippen LogP contribution < -0.4 is 0 Å². The number of ketones is 1. The number of nitrogens with zero attached hydrogens (tertiary/aromatic N) is 1. The Bertz CT molecular complexity index is 932. The Balaban J connectivity index is 2.38. The van der Waals surface area contributed by atoms with E-state index in [9.17, 15) is 24.9 Å². The van der Waals surface area contributed by atoms with Gasteiger partial charge in [-0.15, -0.1) is 0 Å². The summed E-state index contributed by atoms with van der Waals surface area (Å²) < 4.78 is 10.9. The fourth-order valence-electron chi connectivity index (χ4n) is 4.33. The summed E-state index contributed by atoms with van der Waals surface area (Å²) in [6, 6.07) is 0. The van der Waals surface area contributed by atoms with E-state index in [-0.39, 0.29) is 24.0 Å². The largest absolute Gasteiger partial charge is 0.458 e. The smallest absolute Gasteiger partial charge is 0.309 e. The number of aliphatic hydroxyl groups excluding tert-OH is 3. The van der Waals surface area contributed by atoms with E-state index in [2.05, 4.69) is 4.98 Å². The van der Waals surface area contributed by atoms with E-state index in [0.29, 0.717) is 23.6 Å². The molecule has 196 valence electrons. The van der Waals surface area contributed by atoms with Crippen LogP contribution in [0.5, 0.6) is 0 Å². The van der Waals surface area contributed by atoms with E-state index in [1.165, 1.54) is 6.26 Å². The Hall–Kier alpha value is -2.29. The zero-order valence-electron chi connectivity index (χ0n) is 21.9. The van der Waals surface area contributed by atoms with Gasteiger partial charge in [-0.1, -0.05) is 46.8 Å². The molecule has 35 heavy (non-hydrogen) atoms. The van der Waals surface area contributed by atoms with Crippen LogP contribution in [0.3, 0.4) is 0 Å². The number of cyclic esters (lactones) is 1. The molecule has 1 aromatic heterocycles. The quantitative estimate of drug-likeness (QED) is 0.422. The third kappa shape index (κ3) is 7.59. The standard InChI is InChI=1S/C27H41NO7/c1-15-9-8-10-16(2)25(32)18(4)26(33)27(6,7)23(30)13-24(31)35-22(12-21(15)29)17(3)11-20-14-34-19(5)28-20/h8-9,11,14-16,18,21-23,25,29-30,32H,10,12-13H2,1-7H3/b9-8-,17-11+. The minimum Gasteiger partial charge on any atom is -0.458 e. The summed E-state index contributed by atoms with van der Waals surface area (Å²) in [4.78, 5) is 30.2. The molecule has 2 heterocycles. The number of Topliss-reactive ketones (excluding diaryl/α,β-unsaturated/α-hetero) is 1. The van der Waals surface area contributed by atoms with Gasteiger partial charge in [0.2, 0.25) is 0 Å². The molecule has 0 aliphatic carbocycles. The average Bonchev–Trinajstić information content (AvgIpc) is 3.20. The number of hydrogen-bond acceptors (Lipinski definition) is 8. The van der Waals surface area contributed by atoms with Crippen molar-refractivity contribution in [2.75, 3.05) is 0 Å². The zero-order valence-corrected chi connectivity index (χ0v) is 21.9. The van der Waals surface area contributed by atoms with Gasteiger partial charge in [-0.25, -0.2) is 4.98 Å². The first-order valence-electron chi connectivity index (χ1n) is 12.3. The van der Waals surface area contributed by atoms with Gasteiger partial charge in [0.05, 0.1) is 30.1 Å². The second-order valence-electron chi connectivity index (χ2n) is 10.5. The molecule has 1 aromatic rings. The summed E-state index contributed by atoms with van der Waals surface area (Å²) in [6.45, 7) is 12.0. The molecule has 0 bridgehead atoms. The molecule has 8 nitrogen and oxygen atoms in total. The van der Waals surface area contributed by atoms with Crippen molar-refractivity contribution in [2.24, 2.45) is 23.2 Å². The Labute approximate surface area is 208 Å². The highest BCUT2D eigenvalue weighted by Crippen LogP contribution is 2.32. The van der Waals surface area contributed by atoms with E-state index in [1.54, 1.807) is 40.7 Å². The zero-order chi connectivity index (χ0) is 26.5. The van der Waals surface area contributed by atoms with E-state index in [1.807, 2.05) is 26.0 Å². The first-order valence-corrected chi connectivity index (χ1v) is 12.3. The van der Waals surface area contributed by atoms with Gasteiger partial charge in [-0.3, -0.25) is 9.59 Å². The molecule has 0 spiro atoms. The molecule has 2 rings (SSSR count). The van der Waals surface area contributed by atoms with Crippen molar-refractivity contribution < 1.29 is 34.1 Å². The number of hydrogen-bond donors (Lipinski definition) is 3. The molecule has 0 saturated heterocycles. The third-order valence-electron chi connectivity index (χ3n) is 7.14. The SMILES string of the molecule is C/C(=C\c1coc(C)n1)C1CC(O)C(C)/C=C\CC(C)C(O)C(C)C(=O)C(C)(C)C(O)CC(=O)O1. The maximum Gasteiger partial charge on any atom is 0.309 e. The number of allylic oxidation sites excluding steroid dienone is 1. The van der Waals surface area contributed by atoms with Crippen molar-refractivity contribution in [1.82, 2.24) is 4.98 Å². The lowest BCUT2D eigenvalue weighted by molar-refractivity contribution is -0.155. The van der Waals surface area contributed by atoms with E-state index in [0.717, 1.165) is 0 Å². The molecule has 0 radical (unpaired) electrons. The summed E-state index contributed by atoms with van der Waals surface area (Å²) in [7, 11) is 0. The number of aliphatic hydroxyl groups is 3. The van der Waals surface area contributed by atoms with Crippen LogP contribution in [0.1, 0.15) is 72.4 Å². The Morgan fingerprint density at radius 2 is 1.83 bits per heavy atom. The molecule has 3 N–H and O–H groups in total. The predicted molar refractivity (Wildman–Crippen MR) is 132 cm³/mol. The van der Waals surface area contributed by atoms with Crippen LogP contribution in [0.2, 0.25) is 0 Å². The summed E-state index contributed by atoms with van der Waals surface area (Å²) in [6.07, 6.45) is 3.50. The van der Waals surface area contributed by atoms with Crippen molar-refractivity contribution in [2.45, 2.75) is 92.1 Å². The second kappa shape index (κ2) is 12.1. The third-order valence-corrected chi connectivity index (χ3v) is 7.14. The minimum absolute atomic E-state index is 0.143. The van der Waals surface area contributed by atoms with Gasteiger partial charge >= 0.3 is 5.97 Å². The summed E-state index contributed by atoms with van der Waals surface area (Å²) in [5.41, 5.74) is -0.0317. The average molecular weight is 492 g/mol. The topological polar surface area (TPSA) is 130 Å². The molecule has 7 unspecified atom stereocenters. The van der Waals surface area contributed by atoms with Crippen molar-refractivity contribution >= 4 is 17.8 Å². The summed E-state index contributed by atoms with van der Waals surface area (Å²) >= 11 is 0. The van der Waals surface area contributed by atoms with Crippen LogP contribution in [0, 0.1) is 30.1 Å². The lowest BCUT2D eigenvalue weighted by Crippen LogP contribution is -2.45. The van der Waals surface area contributed by atoms with E-state index < -0.39 is 48.1 Å². The van der Waals surface area contributed by atoms with Gasteiger partial charge in [0, 0.05) is 25.2 Å². The molecule has 1 aliphatic heterocycles. The Kier molecular flexibility index (Phi) is 10.0. The highest BCUT2D eigenvalue weighted by atomic mass is 16.5. The van der Waals surface area contributed by atoms with Gasteiger partial charge in [-0.05, 0) is 30.9 Å². The Morgan fingerprint density at radius 3 is 2.43 bits per heavy atom. The first-order chi connectivity index (χ1) is 16.2. The molecule has 0 aromatic carbocycles. The number of carbonyl (C=O) groups is 2. The maximum atomic E-state index is 13.2.